The van der Waals surface area contributed by atoms with Crippen LogP contribution in [0.5, 0.6) is 0 Å². The molecule has 1 heterocycles. The van der Waals surface area contributed by atoms with Crippen LogP contribution < -0.4 is 5.32 Å². The molecular formula is C17H22ClNO3. The Kier molecular flexibility index (Phi) is 5.98. The van der Waals surface area contributed by atoms with Crippen molar-refractivity contribution in [2.24, 2.45) is 11.8 Å². The lowest BCUT2D eigenvalue weighted by Crippen LogP contribution is -2.39. The highest BCUT2D eigenvalue weighted by atomic mass is 35.5. The molecular weight excluding hydrogens is 302 g/mol. The molecule has 4 nitrogen and oxygen atoms in total. The number of carbonyl (C=O) groups excluding carboxylic acids is 2. The molecule has 1 aromatic carbocycles. The topological polar surface area (TPSA) is 55.4 Å². The first kappa shape index (κ1) is 17.0. The van der Waals surface area contributed by atoms with Crippen LogP contribution >= 0.6 is 11.6 Å². The summed E-state index contributed by atoms with van der Waals surface area (Å²) in [6.45, 7) is 5.22. The number of hydrogen-bond donors (Lipinski definition) is 1. The SMILES string of the molecule is CC(CC(=O)NC(C)C1CCOC1)C(=O)c1ccc(Cl)cc1. The fraction of sp³-hybridized carbons (Fsp3) is 0.529. The van der Waals surface area contributed by atoms with Crippen molar-refractivity contribution < 1.29 is 14.3 Å². The van der Waals surface area contributed by atoms with Crippen LogP contribution in [-0.4, -0.2) is 30.9 Å². The summed E-state index contributed by atoms with van der Waals surface area (Å²) in [5, 5.41) is 3.57. The van der Waals surface area contributed by atoms with E-state index < -0.39 is 0 Å². The standard InChI is InChI=1S/C17H22ClNO3/c1-11(17(21)13-3-5-15(18)6-4-13)9-16(20)19-12(2)14-7-8-22-10-14/h3-6,11-12,14H,7-10H2,1-2H3,(H,19,20). The second kappa shape index (κ2) is 7.75. The van der Waals surface area contributed by atoms with Gasteiger partial charge in [-0.2, -0.15) is 0 Å². The van der Waals surface area contributed by atoms with E-state index in [1.807, 2.05) is 6.92 Å². The molecule has 22 heavy (non-hydrogen) atoms. The minimum Gasteiger partial charge on any atom is -0.381 e. The van der Waals surface area contributed by atoms with E-state index >= 15 is 0 Å². The predicted molar refractivity (Wildman–Crippen MR) is 86.1 cm³/mol. The third-order valence-electron chi connectivity index (χ3n) is 4.13. The monoisotopic (exact) mass is 323 g/mol. The fourth-order valence-electron chi connectivity index (χ4n) is 2.65. The largest absolute Gasteiger partial charge is 0.381 e. The summed E-state index contributed by atoms with van der Waals surface area (Å²) in [6, 6.07) is 6.83. The highest BCUT2D eigenvalue weighted by Crippen LogP contribution is 2.18. The van der Waals surface area contributed by atoms with Gasteiger partial charge in [0.2, 0.25) is 5.91 Å². The number of hydrogen-bond acceptors (Lipinski definition) is 3. The lowest BCUT2D eigenvalue weighted by atomic mass is 9.95. The van der Waals surface area contributed by atoms with Crippen molar-refractivity contribution in [1.29, 1.82) is 0 Å². The highest BCUT2D eigenvalue weighted by Gasteiger charge is 2.25. The van der Waals surface area contributed by atoms with Crippen molar-refractivity contribution in [2.45, 2.75) is 32.7 Å². The van der Waals surface area contributed by atoms with Crippen LogP contribution in [0.25, 0.3) is 0 Å². The molecule has 1 fully saturated rings. The van der Waals surface area contributed by atoms with Crippen LogP contribution in [0.15, 0.2) is 24.3 Å². The Hall–Kier alpha value is -1.39. The molecule has 0 aliphatic carbocycles. The first-order chi connectivity index (χ1) is 10.5. The van der Waals surface area contributed by atoms with Gasteiger partial charge in [0, 0.05) is 41.5 Å². The molecule has 120 valence electrons. The summed E-state index contributed by atoms with van der Waals surface area (Å²) in [6.07, 6.45) is 1.17. The summed E-state index contributed by atoms with van der Waals surface area (Å²) >= 11 is 5.81. The molecule has 0 saturated carbocycles. The summed E-state index contributed by atoms with van der Waals surface area (Å²) in [5.74, 6) is -0.114. The predicted octanol–water partition coefficient (Wildman–Crippen LogP) is 3.09. The Bertz CT molecular complexity index is 523. The molecule has 0 aromatic heterocycles. The number of Topliss-reactive ketones (excluding diaryl/α,β-unsaturated/α-hetero) is 1. The van der Waals surface area contributed by atoms with E-state index in [1.165, 1.54) is 0 Å². The molecule has 1 N–H and O–H groups in total. The van der Waals surface area contributed by atoms with Gasteiger partial charge < -0.3 is 10.1 Å². The van der Waals surface area contributed by atoms with Gasteiger partial charge in [0.05, 0.1) is 6.61 Å². The minimum atomic E-state index is -0.354. The van der Waals surface area contributed by atoms with E-state index in [0.29, 0.717) is 23.1 Å². The molecule has 1 amide bonds. The van der Waals surface area contributed by atoms with Crippen LogP contribution in [0.3, 0.4) is 0 Å². The van der Waals surface area contributed by atoms with Crippen LogP contribution in [0.2, 0.25) is 5.02 Å². The Morgan fingerprint density at radius 1 is 1.32 bits per heavy atom. The van der Waals surface area contributed by atoms with Gasteiger partial charge in [0.25, 0.3) is 0 Å². The van der Waals surface area contributed by atoms with Crippen molar-refractivity contribution in [3.05, 3.63) is 34.9 Å². The zero-order valence-corrected chi connectivity index (χ0v) is 13.7. The number of halogens is 1. The summed E-state index contributed by atoms with van der Waals surface area (Å²) in [7, 11) is 0. The third-order valence-corrected chi connectivity index (χ3v) is 4.38. The minimum absolute atomic E-state index is 0.0383. The smallest absolute Gasteiger partial charge is 0.220 e. The molecule has 1 aliphatic rings. The average Bonchev–Trinajstić information content (AvgIpc) is 3.01. The Morgan fingerprint density at radius 3 is 2.59 bits per heavy atom. The molecule has 3 atom stereocenters. The van der Waals surface area contributed by atoms with Gasteiger partial charge in [-0.3, -0.25) is 9.59 Å². The second-order valence-electron chi connectivity index (χ2n) is 5.96. The van der Waals surface area contributed by atoms with Crippen molar-refractivity contribution >= 4 is 23.3 Å². The van der Waals surface area contributed by atoms with Crippen LogP contribution in [-0.2, 0) is 9.53 Å². The van der Waals surface area contributed by atoms with Crippen molar-refractivity contribution in [3.63, 3.8) is 0 Å². The van der Waals surface area contributed by atoms with Gasteiger partial charge in [0.15, 0.2) is 5.78 Å². The Balaban J connectivity index is 1.84. The molecule has 5 heteroatoms. The molecule has 1 aromatic rings. The zero-order valence-electron chi connectivity index (χ0n) is 13.0. The number of amides is 1. The van der Waals surface area contributed by atoms with Gasteiger partial charge in [0.1, 0.15) is 0 Å². The van der Waals surface area contributed by atoms with Gasteiger partial charge >= 0.3 is 0 Å². The lowest BCUT2D eigenvalue weighted by Gasteiger charge is -2.20. The van der Waals surface area contributed by atoms with Gasteiger partial charge in [-0.1, -0.05) is 18.5 Å². The summed E-state index contributed by atoms with van der Waals surface area (Å²) in [5.41, 5.74) is 0.585. The van der Waals surface area contributed by atoms with Gasteiger partial charge in [-0.15, -0.1) is 0 Å². The maximum Gasteiger partial charge on any atom is 0.220 e. The van der Waals surface area contributed by atoms with Crippen molar-refractivity contribution in [2.75, 3.05) is 13.2 Å². The number of ether oxygens (including phenoxy) is 1. The molecule has 2 rings (SSSR count). The molecule has 0 bridgehead atoms. The van der Waals surface area contributed by atoms with E-state index in [0.717, 1.165) is 13.0 Å². The van der Waals surface area contributed by atoms with Crippen molar-refractivity contribution in [1.82, 2.24) is 5.32 Å². The fourth-order valence-corrected chi connectivity index (χ4v) is 2.77. The van der Waals surface area contributed by atoms with Crippen molar-refractivity contribution in [3.8, 4) is 0 Å². The van der Waals surface area contributed by atoms with E-state index in [1.54, 1.807) is 31.2 Å². The Morgan fingerprint density at radius 2 is 2.00 bits per heavy atom. The Labute approximate surface area is 136 Å². The van der Waals surface area contributed by atoms with Crippen LogP contribution in [0.1, 0.15) is 37.0 Å². The second-order valence-corrected chi connectivity index (χ2v) is 6.39. The van der Waals surface area contributed by atoms with Gasteiger partial charge in [-0.25, -0.2) is 0 Å². The molecule has 0 radical (unpaired) electrons. The maximum atomic E-state index is 12.3. The number of rotatable bonds is 6. The third kappa shape index (κ3) is 4.55. The number of nitrogens with one attached hydrogen (secondary N) is 1. The molecule has 0 spiro atoms. The zero-order chi connectivity index (χ0) is 16.1. The van der Waals surface area contributed by atoms with E-state index in [9.17, 15) is 9.59 Å². The summed E-state index contributed by atoms with van der Waals surface area (Å²) < 4.78 is 5.33. The summed E-state index contributed by atoms with van der Waals surface area (Å²) in [4.78, 5) is 24.4. The van der Waals surface area contributed by atoms with Gasteiger partial charge in [-0.05, 0) is 37.6 Å². The number of carbonyl (C=O) groups is 2. The molecule has 1 saturated heterocycles. The van der Waals surface area contributed by atoms with E-state index in [4.69, 9.17) is 16.3 Å². The number of ketones is 1. The average molecular weight is 324 g/mol. The van der Waals surface area contributed by atoms with E-state index in [-0.39, 0.29) is 30.1 Å². The number of benzene rings is 1. The van der Waals surface area contributed by atoms with Crippen LogP contribution in [0, 0.1) is 11.8 Å². The van der Waals surface area contributed by atoms with Crippen LogP contribution in [0.4, 0.5) is 0 Å². The maximum absolute atomic E-state index is 12.3. The molecule has 1 aliphatic heterocycles. The lowest BCUT2D eigenvalue weighted by molar-refractivity contribution is -0.122. The molecule has 3 unspecified atom stereocenters. The highest BCUT2D eigenvalue weighted by molar-refractivity contribution is 6.30. The van der Waals surface area contributed by atoms with E-state index in [2.05, 4.69) is 5.32 Å². The first-order valence-electron chi connectivity index (χ1n) is 7.64. The first-order valence-corrected chi connectivity index (χ1v) is 8.02. The quantitative estimate of drug-likeness (QED) is 0.818. The normalized spacial score (nSPS) is 20.4.